The first-order valence-corrected chi connectivity index (χ1v) is 8.12. The lowest BCUT2D eigenvalue weighted by molar-refractivity contribution is -0.275. The first-order valence-electron chi connectivity index (χ1n) is 8.12. The zero-order valence-electron chi connectivity index (χ0n) is 15.4. The molecule has 7 nitrogen and oxygen atoms in total. The van der Waals surface area contributed by atoms with E-state index in [1.54, 1.807) is 6.92 Å². The van der Waals surface area contributed by atoms with Crippen LogP contribution in [0.25, 0.3) is 5.57 Å². The number of benzene rings is 1. The Morgan fingerprint density at radius 2 is 2.03 bits per heavy atom. The second-order valence-electron chi connectivity index (χ2n) is 5.98. The molecule has 2 rings (SSSR count). The highest BCUT2D eigenvalue weighted by molar-refractivity contribution is 5.92. The summed E-state index contributed by atoms with van der Waals surface area (Å²) in [6, 6.07) is 2.76. The highest BCUT2D eigenvalue weighted by Gasteiger charge is 2.32. The van der Waals surface area contributed by atoms with Crippen LogP contribution < -0.4 is 15.6 Å². The fourth-order valence-corrected chi connectivity index (χ4v) is 2.34. The molecule has 0 aliphatic heterocycles. The fourth-order valence-electron chi connectivity index (χ4n) is 2.34. The van der Waals surface area contributed by atoms with Crippen LogP contribution in [0, 0.1) is 5.82 Å². The minimum atomic E-state index is -5.05. The summed E-state index contributed by atoms with van der Waals surface area (Å²) in [5.74, 6) is -2.93. The van der Waals surface area contributed by atoms with Crippen molar-refractivity contribution in [2.24, 2.45) is 0 Å². The molecule has 0 aliphatic rings. The van der Waals surface area contributed by atoms with Crippen molar-refractivity contribution < 1.29 is 31.8 Å². The van der Waals surface area contributed by atoms with E-state index in [2.05, 4.69) is 26.6 Å². The maximum Gasteiger partial charge on any atom is 0.573 e. The summed E-state index contributed by atoms with van der Waals surface area (Å²) < 4.78 is 59.4. The number of carbonyl (C=O) groups excluding carboxylic acids is 1. The van der Waals surface area contributed by atoms with Crippen LogP contribution >= 0.6 is 0 Å². The van der Waals surface area contributed by atoms with Gasteiger partial charge in [0.2, 0.25) is 0 Å². The van der Waals surface area contributed by atoms with E-state index in [0.717, 1.165) is 24.3 Å². The Morgan fingerprint density at radius 3 is 2.59 bits per heavy atom. The Labute approximate surface area is 162 Å². The first kappa shape index (κ1) is 22.1. The molecule has 0 bridgehead atoms. The van der Waals surface area contributed by atoms with Crippen molar-refractivity contribution in [1.82, 2.24) is 15.3 Å². The van der Waals surface area contributed by atoms with Gasteiger partial charge in [0.25, 0.3) is 11.5 Å². The molecule has 0 fully saturated rings. The lowest BCUT2D eigenvalue weighted by Crippen LogP contribution is -2.33. The topological polar surface area (TPSA) is 93.3 Å². The Hall–Kier alpha value is -3.21. The van der Waals surface area contributed by atoms with Crippen LogP contribution in [0.3, 0.4) is 0 Å². The van der Waals surface area contributed by atoms with E-state index in [4.69, 9.17) is 4.74 Å². The number of aromatic amines is 1. The van der Waals surface area contributed by atoms with E-state index >= 15 is 0 Å². The number of hydrogen-bond acceptors (Lipinski definition) is 5. The number of alkyl halides is 3. The average Bonchev–Trinajstić information content (AvgIpc) is 2.61. The van der Waals surface area contributed by atoms with Gasteiger partial charge in [-0.3, -0.25) is 9.59 Å². The molecule has 1 atom stereocenters. The third kappa shape index (κ3) is 6.14. The quantitative estimate of drug-likeness (QED) is 0.679. The molecule has 29 heavy (non-hydrogen) atoms. The van der Waals surface area contributed by atoms with Crippen LogP contribution in [0.1, 0.15) is 34.8 Å². The second kappa shape index (κ2) is 8.86. The number of nitrogens with zero attached hydrogens (tertiary/aromatic N) is 1. The summed E-state index contributed by atoms with van der Waals surface area (Å²) in [6.45, 7) is 5.09. The molecule has 2 N–H and O–H groups in total. The van der Waals surface area contributed by atoms with E-state index in [1.807, 2.05) is 0 Å². The van der Waals surface area contributed by atoms with Gasteiger partial charge in [-0.25, -0.2) is 9.37 Å². The summed E-state index contributed by atoms with van der Waals surface area (Å²) in [6.07, 6.45) is -5.05. The van der Waals surface area contributed by atoms with Crippen molar-refractivity contribution in [3.63, 3.8) is 0 Å². The van der Waals surface area contributed by atoms with E-state index in [0.29, 0.717) is 5.57 Å². The van der Waals surface area contributed by atoms with Crippen LogP contribution in [0.2, 0.25) is 0 Å². The standard InChI is InChI=1S/C18H17F4N3O4/c1-9(2)16-23-12(7-15(26)25-16)17(27)24-13(8-28-3)10-4-5-14(11(19)6-10)29-18(20,21)22/h4-7,13H,1,8H2,2-3H3,(H,24,27)(H,23,25,26)/t13-/m1/s1. The number of methoxy groups -OCH3 is 1. The Morgan fingerprint density at radius 1 is 1.34 bits per heavy atom. The Bertz CT molecular complexity index is 972. The first-order chi connectivity index (χ1) is 13.5. The van der Waals surface area contributed by atoms with E-state index in [1.165, 1.54) is 7.11 Å². The van der Waals surface area contributed by atoms with Gasteiger partial charge in [0.05, 0.1) is 12.6 Å². The number of carbonyl (C=O) groups is 1. The highest BCUT2D eigenvalue weighted by Crippen LogP contribution is 2.28. The van der Waals surface area contributed by atoms with Crippen molar-refractivity contribution in [3.05, 3.63) is 64.1 Å². The van der Waals surface area contributed by atoms with Crippen molar-refractivity contribution in [3.8, 4) is 5.75 Å². The number of amides is 1. The molecule has 11 heteroatoms. The number of halogens is 4. The van der Waals surface area contributed by atoms with Crippen LogP contribution in [0.4, 0.5) is 17.6 Å². The van der Waals surface area contributed by atoms with Gasteiger partial charge < -0.3 is 19.8 Å². The van der Waals surface area contributed by atoms with Gasteiger partial charge in [0.15, 0.2) is 11.6 Å². The summed E-state index contributed by atoms with van der Waals surface area (Å²) >= 11 is 0. The van der Waals surface area contributed by atoms with Crippen molar-refractivity contribution >= 4 is 11.5 Å². The van der Waals surface area contributed by atoms with Crippen LogP contribution in [-0.2, 0) is 4.74 Å². The molecule has 0 radical (unpaired) electrons. The molecule has 1 amide bonds. The van der Waals surface area contributed by atoms with E-state index < -0.39 is 35.4 Å². The van der Waals surface area contributed by atoms with Gasteiger partial charge in [-0.2, -0.15) is 0 Å². The molecule has 0 unspecified atom stereocenters. The zero-order chi connectivity index (χ0) is 21.8. The molecule has 0 spiro atoms. The highest BCUT2D eigenvalue weighted by atomic mass is 19.4. The van der Waals surface area contributed by atoms with Crippen molar-refractivity contribution in [2.45, 2.75) is 19.3 Å². The molecule has 1 heterocycles. The van der Waals surface area contributed by atoms with Gasteiger partial charge in [-0.05, 0) is 30.2 Å². The molecular weight excluding hydrogens is 398 g/mol. The number of hydrogen-bond donors (Lipinski definition) is 2. The maximum atomic E-state index is 14.0. The Kier molecular flexibility index (Phi) is 6.75. The number of nitrogens with one attached hydrogen (secondary N) is 2. The molecule has 0 saturated carbocycles. The SMILES string of the molecule is C=C(C)c1nc(C(=O)N[C@H](COC)c2ccc(OC(F)(F)F)c(F)c2)cc(=O)[nH]1. The van der Waals surface area contributed by atoms with Gasteiger partial charge in [-0.1, -0.05) is 12.6 Å². The summed E-state index contributed by atoms with van der Waals surface area (Å²) in [5, 5.41) is 2.50. The third-order valence-corrected chi connectivity index (χ3v) is 3.60. The molecule has 1 aromatic carbocycles. The predicted molar refractivity (Wildman–Crippen MR) is 94.7 cm³/mol. The number of allylic oxidation sites excluding steroid dienone is 1. The molecule has 1 aromatic heterocycles. The minimum Gasteiger partial charge on any atom is -0.403 e. The normalized spacial score (nSPS) is 12.3. The van der Waals surface area contributed by atoms with E-state index in [9.17, 15) is 27.2 Å². The lowest BCUT2D eigenvalue weighted by Gasteiger charge is -2.19. The van der Waals surface area contributed by atoms with Crippen LogP contribution in [0.5, 0.6) is 5.75 Å². The number of rotatable bonds is 7. The third-order valence-electron chi connectivity index (χ3n) is 3.60. The maximum absolute atomic E-state index is 14.0. The molecule has 2 aromatic rings. The predicted octanol–water partition coefficient (Wildman–Crippen LogP) is 2.96. The monoisotopic (exact) mass is 415 g/mol. The van der Waals surface area contributed by atoms with Crippen LogP contribution in [-0.4, -0.2) is 36.0 Å². The van der Waals surface area contributed by atoms with Crippen molar-refractivity contribution in [1.29, 1.82) is 0 Å². The van der Waals surface area contributed by atoms with Gasteiger partial charge in [-0.15, -0.1) is 13.2 Å². The van der Waals surface area contributed by atoms with Gasteiger partial charge >= 0.3 is 6.36 Å². The Balaban J connectivity index is 2.28. The summed E-state index contributed by atoms with van der Waals surface area (Å²) in [7, 11) is 1.32. The average molecular weight is 415 g/mol. The number of ether oxygens (including phenoxy) is 2. The minimum absolute atomic E-state index is 0.116. The molecule has 0 aliphatic carbocycles. The molecular formula is C18H17F4N3O4. The number of H-pyrrole nitrogens is 1. The van der Waals surface area contributed by atoms with Crippen LogP contribution in [0.15, 0.2) is 35.6 Å². The largest absolute Gasteiger partial charge is 0.573 e. The number of aromatic nitrogens is 2. The summed E-state index contributed by atoms with van der Waals surface area (Å²) in [4.78, 5) is 30.6. The second-order valence-corrected chi connectivity index (χ2v) is 5.98. The zero-order valence-corrected chi connectivity index (χ0v) is 15.4. The fraction of sp³-hybridized carbons (Fsp3) is 0.278. The smallest absolute Gasteiger partial charge is 0.403 e. The van der Waals surface area contributed by atoms with Gasteiger partial charge in [0, 0.05) is 13.2 Å². The van der Waals surface area contributed by atoms with Gasteiger partial charge in [0.1, 0.15) is 11.5 Å². The van der Waals surface area contributed by atoms with Crippen molar-refractivity contribution in [2.75, 3.05) is 13.7 Å². The molecule has 156 valence electrons. The molecule has 0 saturated heterocycles. The lowest BCUT2D eigenvalue weighted by atomic mass is 10.1. The van der Waals surface area contributed by atoms with E-state index in [-0.39, 0.29) is 23.7 Å². The summed E-state index contributed by atoms with van der Waals surface area (Å²) in [5.41, 5.74) is -0.249.